The van der Waals surface area contributed by atoms with Gasteiger partial charge in [-0.05, 0) is 5.92 Å². The maximum Gasteiger partial charge on any atom is 0.179 e. The van der Waals surface area contributed by atoms with Gasteiger partial charge in [-0.15, -0.1) is 0 Å². The van der Waals surface area contributed by atoms with Gasteiger partial charge in [0.15, 0.2) is 11.6 Å². The van der Waals surface area contributed by atoms with Crippen LogP contribution in [-0.4, -0.2) is 27.2 Å². The van der Waals surface area contributed by atoms with Crippen molar-refractivity contribution in [3.63, 3.8) is 0 Å². The van der Waals surface area contributed by atoms with Crippen molar-refractivity contribution in [2.45, 2.75) is 25.5 Å². The van der Waals surface area contributed by atoms with E-state index < -0.39 is 5.60 Å². The summed E-state index contributed by atoms with van der Waals surface area (Å²) in [6, 6.07) is 20.7. The lowest BCUT2D eigenvalue weighted by Gasteiger charge is -2.29. The summed E-state index contributed by atoms with van der Waals surface area (Å²) in [5.41, 5.74) is 1.37. The molecule has 2 aromatic carbocycles. The summed E-state index contributed by atoms with van der Waals surface area (Å²) in [4.78, 5) is 1.34. The van der Waals surface area contributed by atoms with Gasteiger partial charge in [0.1, 0.15) is 0 Å². The second-order valence-electron chi connectivity index (χ2n) is 6.69. The fourth-order valence-corrected chi connectivity index (χ4v) is 3.10. The van der Waals surface area contributed by atoms with Crippen LogP contribution in [-0.2, 0) is 10.3 Å². The minimum absolute atomic E-state index is 0.256. The first-order valence-corrected chi connectivity index (χ1v) is 8.50. The molecule has 0 aliphatic carbocycles. The van der Waals surface area contributed by atoms with Gasteiger partial charge in [0, 0.05) is 24.2 Å². The molecule has 0 amide bonds. The Morgan fingerprint density at radius 2 is 1.33 bits per heavy atom. The second kappa shape index (κ2) is 8.15. The Bertz CT molecular complexity index is 633. The van der Waals surface area contributed by atoms with E-state index in [1.54, 1.807) is 7.11 Å². The lowest BCUT2D eigenvalue weighted by molar-refractivity contribution is -0.880. The fraction of sp³-hybridized carbons (Fsp3) is 0.364. The van der Waals surface area contributed by atoms with Crippen LogP contribution in [0.5, 0.6) is 0 Å². The first-order valence-electron chi connectivity index (χ1n) is 8.50. The van der Waals surface area contributed by atoms with Crippen LogP contribution >= 0.6 is 0 Å². The predicted molar refractivity (Wildman–Crippen MR) is 99.9 cm³/mol. The third-order valence-electron chi connectivity index (χ3n) is 4.36. The van der Waals surface area contributed by atoms with Crippen molar-refractivity contribution in [3.05, 3.63) is 71.8 Å². The highest BCUT2D eigenvalue weighted by atomic mass is 16.5. The molecule has 0 aliphatic heterocycles. The minimum Gasteiger partial charge on any atom is -0.357 e. The van der Waals surface area contributed by atoms with Crippen LogP contribution in [0.4, 0.5) is 0 Å². The monoisotopic (exact) mass is 322 g/mol. The first-order chi connectivity index (χ1) is 11.5. The molecule has 24 heavy (non-hydrogen) atoms. The minimum atomic E-state index is -0.745. The largest absolute Gasteiger partial charge is 0.357 e. The van der Waals surface area contributed by atoms with Crippen LogP contribution in [0, 0.1) is 17.8 Å². The van der Waals surface area contributed by atoms with Gasteiger partial charge >= 0.3 is 0 Å². The van der Waals surface area contributed by atoms with Crippen molar-refractivity contribution in [2.24, 2.45) is 5.92 Å². The zero-order valence-corrected chi connectivity index (χ0v) is 15.3. The molecule has 0 radical (unpaired) electrons. The quantitative estimate of drug-likeness (QED) is 0.836. The van der Waals surface area contributed by atoms with Gasteiger partial charge < -0.3 is 9.64 Å². The molecular weight excluding hydrogens is 294 g/mol. The Balaban J connectivity index is 2.60. The molecule has 0 saturated carbocycles. The van der Waals surface area contributed by atoms with Crippen molar-refractivity contribution in [2.75, 3.05) is 21.2 Å². The zero-order chi connectivity index (χ0) is 17.6. The van der Waals surface area contributed by atoms with Gasteiger partial charge in [-0.1, -0.05) is 80.4 Å². The highest BCUT2D eigenvalue weighted by Gasteiger charge is 2.33. The van der Waals surface area contributed by atoms with Crippen LogP contribution in [0.1, 0.15) is 25.0 Å². The van der Waals surface area contributed by atoms with Gasteiger partial charge in [-0.3, -0.25) is 0 Å². The molecule has 2 aromatic rings. The number of hydrogen-bond donors (Lipinski definition) is 1. The lowest BCUT2D eigenvalue weighted by Crippen LogP contribution is -3.10. The van der Waals surface area contributed by atoms with Gasteiger partial charge in [0.2, 0.25) is 0 Å². The van der Waals surface area contributed by atoms with Crippen LogP contribution in [0.15, 0.2) is 60.7 Å². The van der Waals surface area contributed by atoms with E-state index in [0.717, 1.165) is 11.1 Å². The molecule has 1 atom stereocenters. The molecule has 0 fully saturated rings. The maximum atomic E-state index is 6.04. The van der Waals surface area contributed by atoms with Gasteiger partial charge in [-0.2, -0.15) is 0 Å². The van der Waals surface area contributed by atoms with Crippen LogP contribution in [0.25, 0.3) is 0 Å². The molecule has 0 aliphatic rings. The topological polar surface area (TPSA) is 13.7 Å². The van der Waals surface area contributed by atoms with Gasteiger partial charge in [-0.25, -0.2) is 0 Å². The fourth-order valence-electron chi connectivity index (χ4n) is 3.10. The Morgan fingerprint density at radius 1 is 0.875 bits per heavy atom. The Morgan fingerprint density at radius 3 is 1.67 bits per heavy atom. The first kappa shape index (κ1) is 18.3. The second-order valence-corrected chi connectivity index (χ2v) is 6.69. The molecule has 1 N–H and O–H groups in total. The molecule has 126 valence electrons. The van der Waals surface area contributed by atoms with Crippen molar-refractivity contribution in [3.8, 4) is 11.8 Å². The summed E-state index contributed by atoms with van der Waals surface area (Å²) in [5, 5.41) is 0. The number of methoxy groups -OCH3 is 1. The molecule has 0 aromatic heterocycles. The van der Waals surface area contributed by atoms with Gasteiger partial charge in [0.25, 0.3) is 0 Å². The molecule has 1 unspecified atom stereocenters. The molecule has 0 heterocycles. The molecule has 2 rings (SSSR count). The summed E-state index contributed by atoms with van der Waals surface area (Å²) in [6.45, 7) is 4.43. The van der Waals surface area contributed by atoms with Crippen molar-refractivity contribution < 1.29 is 9.64 Å². The van der Waals surface area contributed by atoms with Crippen molar-refractivity contribution in [1.29, 1.82) is 0 Å². The van der Waals surface area contributed by atoms with E-state index >= 15 is 0 Å². The summed E-state index contributed by atoms with van der Waals surface area (Å²) in [7, 11) is 6.04. The summed E-state index contributed by atoms with van der Waals surface area (Å²) >= 11 is 0. The number of hydrogen-bond acceptors (Lipinski definition) is 1. The normalized spacial score (nSPS) is 12.8. The molecule has 0 saturated heterocycles. The Kier molecular flexibility index (Phi) is 6.20. The number of ether oxygens (including phenoxy) is 1. The van der Waals surface area contributed by atoms with E-state index in [9.17, 15) is 0 Å². The number of benzene rings is 2. The van der Waals surface area contributed by atoms with Crippen LogP contribution < -0.4 is 4.90 Å². The highest BCUT2D eigenvalue weighted by molar-refractivity contribution is 5.45. The Hall–Kier alpha value is -2.08. The molecule has 2 nitrogen and oxygen atoms in total. The molecule has 2 heteroatoms. The Labute approximate surface area is 146 Å². The SMILES string of the molecule is COC(C#CC(C(C)C)[NH+](C)C)(c1ccccc1)c1ccccc1. The van der Waals surface area contributed by atoms with Crippen molar-refractivity contribution >= 4 is 0 Å². The average molecular weight is 322 g/mol. The number of rotatable bonds is 5. The summed E-state index contributed by atoms with van der Waals surface area (Å²) in [5.74, 6) is 7.46. The van der Waals surface area contributed by atoms with Crippen molar-refractivity contribution in [1.82, 2.24) is 0 Å². The van der Waals surface area contributed by atoms with Crippen LogP contribution in [0.3, 0.4) is 0 Å². The molecule has 0 bridgehead atoms. The maximum absolute atomic E-state index is 6.04. The van der Waals surface area contributed by atoms with E-state index in [0.29, 0.717) is 5.92 Å². The third-order valence-corrected chi connectivity index (χ3v) is 4.36. The predicted octanol–water partition coefficient (Wildman–Crippen LogP) is 2.75. The van der Waals surface area contributed by atoms with E-state index in [1.807, 2.05) is 36.4 Å². The van der Waals surface area contributed by atoms with Gasteiger partial charge in [0.05, 0.1) is 14.1 Å². The van der Waals surface area contributed by atoms with E-state index in [1.165, 1.54) is 4.90 Å². The smallest absolute Gasteiger partial charge is 0.179 e. The number of nitrogens with one attached hydrogen (secondary N) is 1. The zero-order valence-electron chi connectivity index (χ0n) is 15.3. The van der Waals surface area contributed by atoms with E-state index in [4.69, 9.17) is 4.74 Å². The van der Waals surface area contributed by atoms with Crippen LogP contribution in [0.2, 0.25) is 0 Å². The highest BCUT2D eigenvalue weighted by Crippen LogP contribution is 2.32. The average Bonchev–Trinajstić information content (AvgIpc) is 2.60. The molecular formula is C22H28NO+. The number of quaternary nitrogens is 1. The van der Waals surface area contributed by atoms with E-state index in [-0.39, 0.29) is 6.04 Å². The van der Waals surface area contributed by atoms with E-state index in [2.05, 4.69) is 64.0 Å². The summed E-state index contributed by atoms with van der Waals surface area (Å²) < 4.78 is 6.04. The molecule has 0 spiro atoms. The lowest BCUT2D eigenvalue weighted by atomic mass is 9.86. The standard InChI is InChI=1S/C22H27NO/c1-18(2)21(23(3)4)16-17-22(24-5,19-12-8-6-9-13-19)20-14-10-7-11-15-20/h6-15,18,21H,1-5H3/p+1. The summed E-state index contributed by atoms with van der Waals surface area (Å²) in [6.07, 6.45) is 0. The third kappa shape index (κ3) is 3.87.